The number of halogens is 2. The van der Waals surface area contributed by atoms with Gasteiger partial charge in [0.05, 0.1) is 22.3 Å². The lowest BCUT2D eigenvalue weighted by molar-refractivity contribution is -0.135. The van der Waals surface area contributed by atoms with Crippen molar-refractivity contribution in [3.63, 3.8) is 0 Å². The Balaban J connectivity index is 1.92. The van der Waals surface area contributed by atoms with Crippen LogP contribution in [0, 0.1) is 0 Å². The Hall–Kier alpha value is -2.24. The van der Waals surface area contributed by atoms with E-state index in [0.717, 1.165) is 12.0 Å². The Morgan fingerprint density at radius 3 is 2.39 bits per heavy atom. The van der Waals surface area contributed by atoms with Crippen LogP contribution in [0.15, 0.2) is 42.5 Å². The Kier molecular flexibility index (Phi) is 8.15. The number of nitrogens with one attached hydrogen (secondary N) is 1. The van der Waals surface area contributed by atoms with E-state index >= 15 is 0 Å². The van der Waals surface area contributed by atoms with Gasteiger partial charge in [0.2, 0.25) is 5.91 Å². The van der Waals surface area contributed by atoms with Crippen molar-refractivity contribution < 1.29 is 14.3 Å². The molecule has 0 aromatic heterocycles. The summed E-state index contributed by atoms with van der Waals surface area (Å²) in [5.74, 6) is 0.311. The molecule has 2 amide bonds. The van der Waals surface area contributed by atoms with E-state index in [2.05, 4.69) is 19.2 Å². The van der Waals surface area contributed by atoms with Crippen molar-refractivity contribution >= 4 is 40.7 Å². The van der Waals surface area contributed by atoms with Gasteiger partial charge in [0, 0.05) is 7.05 Å². The summed E-state index contributed by atoms with van der Waals surface area (Å²) in [6.07, 6.45) is 0.971. The van der Waals surface area contributed by atoms with E-state index in [1.54, 1.807) is 25.2 Å². The molecule has 28 heavy (non-hydrogen) atoms. The number of carbonyl (C=O) groups excluding carboxylic acids is 2. The summed E-state index contributed by atoms with van der Waals surface area (Å²) in [4.78, 5) is 25.9. The zero-order valence-corrected chi connectivity index (χ0v) is 17.7. The lowest BCUT2D eigenvalue weighted by Crippen LogP contribution is -2.37. The van der Waals surface area contributed by atoms with Gasteiger partial charge in [-0.05, 0) is 36.1 Å². The summed E-state index contributed by atoms with van der Waals surface area (Å²) in [6, 6.07) is 12.6. The molecule has 0 radical (unpaired) electrons. The molecule has 0 fully saturated rings. The molecule has 0 saturated carbocycles. The highest BCUT2D eigenvalue weighted by atomic mass is 35.5. The molecule has 0 spiro atoms. The number of benzene rings is 2. The largest absolute Gasteiger partial charge is 0.483 e. The van der Waals surface area contributed by atoms with E-state index in [1.807, 2.05) is 24.3 Å². The quantitative estimate of drug-likeness (QED) is 0.651. The first-order valence-electron chi connectivity index (χ1n) is 9.03. The average Bonchev–Trinajstić information content (AvgIpc) is 2.68. The standard InChI is InChI=1S/C21H24Cl2N2O3/c1-4-14(2)15-8-5-6-11-18(15)28-13-20(27)25(3)12-19(26)24-21-16(22)9-7-10-17(21)23/h5-11,14H,4,12-13H2,1-3H3,(H,24,26). The van der Waals surface area contributed by atoms with E-state index in [0.29, 0.717) is 27.4 Å². The predicted molar refractivity (Wildman–Crippen MR) is 113 cm³/mol. The first kappa shape index (κ1) is 22.1. The van der Waals surface area contributed by atoms with Crippen LogP contribution < -0.4 is 10.1 Å². The maximum absolute atomic E-state index is 12.4. The monoisotopic (exact) mass is 422 g/mol. The second kappa shape index (κ2) is 10.3. The molecule has 0 aliphatic heterocycles. The Morgan fingerprint density at radius 2 is 1.75 bits per heavy atom. The molecule has 7 heteroatoms. The normalized spacial score (nSPS) is 11.6. The number of hydrogen-bond acceptors (Lipinski definition) is 3. The fourth-order valence-electron chi connectivity index (χ4n) is 2.59. The Bertz CT molecular complexity index is 822. The maximum atomic E-state index is 12.4. The van der Waals surface area contributed by atoms with Gasteiger partial charge in [0.1, 0.15) is 5.75 Å². The summed E-state index contributed by atoms with van der Waals surface area (Å²) in [6.45, 7) is 3.92. The van der Waals surface area contributed by atoms with Crippen molar-refractivity contribution in [2.45, 2.75) is 26.2 Å². The molecular weight excluding hydrogens is 399 g/mol. The Morgan fingerprint density at radius 1 is 1.11 bits per heavy atom. The number of amides is 2. The van der Waals surface area contributed by atoms with Crippen LogP contribution >= 0.6 is 23.2 Å². The van der Waals surface area contributed by atoms with Crippen molar-refractivity contribution in [2.75, 3.05) is 25.5 Å². The van der Waals surface area contributed by atoms with Gasteiger partial charge >= 0.3 is 0 Å². The van der Waals surface area contributed by atoms with Crippen molar-refractivity contribution in [1.82, 2.24) is 4.90 Å². The third kappa shape index (κ3) is 5.88. The van der Waals surface area contributed by atoms with Gasteiger partial charge in [-0.25, -0.2) is 0 Å². The number of ether oxygens (including phenoxy) is 1. The third-order valence-corrected chi connectivity index (χ3v) is 5.08. The average molecular weight is 423 g/mol. The molecule has 0 aliphatic rings. The van der Waals surface area contributed by atoms with Crippen LogP contribution in [0.2, 0.25) is 10.0 Å². The van der Waals surface area contributed by atoms with Crippen LogP contribution in [-0.2, 0) is 9.59 Å². The summed E-state index contributed by atoms with van der Waals surface area (Å²) in [5, 5.41) is 3.30. The number of hydrogen-bond donors (Lipinski definition) is 1. The molecular formula is C21H24Cl2N2O3. The first-order valence-corrected chi connectivity index (χ1v) is 9.78. The van der Waals surface area contributed by atoms with Crippen molar-refractivity contribution in [3.05, 3.63) is 58.1 Å². The van der Waals surface area contributed by atoms with E-state index in [4.69, 9.17) is 27.9 Å². The molecule has 0 saturated heterocycles. The summed E-state index contributed by atoms with van der Waals surface area (Å²) in [7, 11) is 1.54. The zero-order chi connectivity index (χ0) is 20.7. The number of rotatable bonds is 8. The second-order valence-corrected chi connectivity index (χ2v) is 7.34. The van der Waals surface area contributed by atoms with Crippen molar-refractivity contribution in [2.24, 2.45) is 0 Å². The van der Waals surface area contributed by atoms with Gasteiger partial charge in [-0.2, -0.15) is 0 Å². The highest BCUT2D eigenvalue weighted by molar-refractivity contribution is 6.39. The van der Waals surface area contributed by atoms with E-state index in [-0.39, 0.29) is 19.1 Å². The maximum Gasteiger partial charge on any atom is 0.260 e. The molecule has 2 rings (SSSR count). The van der Waals surface area contributed by atoms with E-state index in [9.17, 15) is 9.59 Å². The lowest BCUT2D eigenvalue weighted by atomic mass is 9.98. The predicted octanol–water partition coefficient (Wildman–Crippen LogP) is 4.98. The van der Waals surface area contributed by atoms with Crippen LogP contribution in [0.5, 0.6) is 5.75 Å². The molecule has 5 nitrogen and oxygen atoms in total. The topological polar surface area (TPSA) is 58.6 Å². The Labute approximate surface area is 175 Å². The number of anilines is 1. The molecule has 2 aromatic carbocycles. The van der Waals surface area contributed by atoms with Crippen LogP contribution in [0.4, 0.5) is 5.69 Å². The molecule has 0 heterocycles. The SMILES string of the molecule is CCC(C)c1ccccc1OCC(=O)N(C)CC(=O)Nc1c(Cl)cccc1Cl. The number of nitrogens with zero attached hydrogens (tertiary/aromatic N) is 1. The van der Waals surface area contributed by atoms with E-state index < -0.39 is 5.91 Å². The molecule has 2 aromatic rings. The fraction of sp³-hybridized carbons (Fsp3) is 0.333. The van der Waals surface area contributed by atoms with E-state index in [1.165, 1.54) is 4.90 Å². The van der Waals surface area contributed by atoms with Crippen LogP contribution in [0.25, 0.3) is 0 Å². The van der Waals surface area contributed by atoms with Crippen molar-refractivity contribution in [1.29, 1.82) is 0 Å². The number of carbonyl (C=O) groups is 2. The molecule has 1 atom stereocenters. The smallest absolute Gasteiger partial charge is 0.260 e. The highest BCUT2D eigenvalue weighted by Crippen LogP contribution is 2.30. The fourth-order valence-corrected chi connectivity index (χ4v) is 3.08. The molecule has 0 aliphatic carbocycles. The summed E-state index contributed by atoms with van der Waals surface area (Å²) >= 11 is 12.1. The molecule has 1 unspecified atom stereocenters. The van der Waals surface area contributed by atoms with Crippen molar-refractivity contribution in [3.8, 4) is 5.75 Å². The van der Waals surface area contributed by atoms with Gasteiger partial charge in [0.15, 0.2) is 6.61 Å². The lowest BCUT2D eigenvalue weighted by Gasteiger charge is -2.19. The third-order valence-electron chi connectivity index (χ3n) is 4.45. The van der Waals surface area contributed by atoms with Crippen LogP contribution in [-0.4, -0.2) is 36.9 Å². The molecule has 1 N–H and O–H groups in total. The zero-order valence-electron chi connectivity index (χ0n) is 16.2. The number of likely N-dealkylation sites (N-methyl/N-ethyl adjacent to an activating group) is 1. The summed E-state index contributed by atoms with van der Waals surface area (Å²) < 4.78 is 5.72. The molecule has 0 bridgehead atoms. The van der Waals surface area contributed by atoms with Gasteiger partial charge in [-0.3, -0.25) is 9.59 Å². The minimum Gasteiger partial charge on any atom is -0.483 e. The molecule has 150 valence electrons. The minimum atomic E-state index is -0.397. The van der Waals surface area contributed by atoms with Gasteiger partial charge in [-0.15, -0.1) is 0 Å². The number of para-hydroxylation sites is 2. The van der Waals surface area contributed by atoms with Gasteiger partial charge < -0.3 is 15.0 Å². The first-order chi connectivity index (χ1) is 13.3. The van der Waals surface area contributed by atoms with Crippen LogP contribution in [0.1, 0.15) is 31.7 Å². The minimum absolute atomic E-state index is 0.142. The van der Waals surface area contributed by atoms with Gasteiger partial charge in [0.25, 0.3) is 5.91 Å². The van der Waals surface area contributed by atoms with Gasteiger partial charge in [-0.1, -0.05) is 61.3 Å². The summed E-state index contributed by atoms with van der Waals surface area (Å²) in [5.41, 5.74) is 1.39. The highest BCUT2D eigenvalue weighted by Gasteiger charge is 2.17. The second-order valence-electron chi connectivity index (χ2n) is 6.53. The van der Waals surface area contributed by atoms with Crippen LogP contribution in [0.3, 0.4) is 0 Å².